The Morgan fingerprint density at radius 1 is 1.28 bits per heavy atom. The quantitative estimate of drug-likeness (QED) is 0.822. The van der Waals surface area contributed by atoms with Gasteiger partial charge in [-0.2, -0.15) is 0 Å². The molecule has 1 fully saturated rings. The van der Waals surface area contributed by atoms with Crippen molar-refractivity contribution in [2.75, 3.05) is 13.7 Å². The molecule has 0 aromatic heterocycles. The highest BCUT2D eigenvalue weighted by atomic mass is 16.5. The molecule has 0 spiro atoms. The molecule has 1 N–H and O–H groups in total. The number of hydrogen-bond acceptors (Lipinski definition) is 3. The van der Waals surface area contributed by atoms with Crippen LogP contribution in [0.15, 0.2) is 0 Å². The van der Waals surface area contributed by atoms with Crippen LogP contribution in [-0.4, -0.2) is 47.3 Å². The molecule has 0 aromatic rings. The van der Waals surface area contributed by atoms with E-state index in [-0.39, 0.29) is 12.0 Å². The van der Waals surface area contributed by atoms with E-state index in [1.807, 2.05) is 0 Å². The van der Waals surface area contributed by atoms with Gasteiger partial charge in [-0.3, -0.25) is 9.69 Å². The van der Waals surface area contributed by atoms with Gasteiger partial charge in [-0.05, 0) is 46.5 Å². The van der Waals surface area contributed by atoms with E-state index in [4.69, 9.17) is 9.84 Å². The van der Waals surface area contributed by atoms with Crippen LogP contribution >= 0.6 is 0 Å². The molecule has 0 saturated heterocycles. The Hall–Kier alpha value is -0.610. The average molecular weight is 257 g/mol. The van der Waals surface area contributed by atoms with Crippen LogP contribution in [0, 0.1) is 0 Å². The van der Waals surface area contributed by atoms with E-state index < -0.39 is 5.97 Å². The predicted molar refractivity (Wildman–Crippen MR) is 71.8 cm³/mol. The average Bonchev–Trinajstić information content (AvgIpc) is 2.28. The summed E-state index contributed by atoms with van der Waals surface area (Å²) >= 11 is 0. The number of carboxylic acids is 1. The number of aliphatic carboxylic acids is 1. The molecule has 18 heavy (non-hydrogen) atoms. The van der Waals surface area contributed by atoms with Crippen LogP contribution in [0.2, 0.25) is 0 Å². The minimum absolute atomic E-state index is 0.0278. The lowest BCUT2D eigenvalue weighted by Crippen LogP contribution is -2.50. The first-order valence-electron chi connectivity index (χ1n) is 6.86. The maximum atomic E-state index is 10.8. The molecule has 4 heteroatoms. The molecule has 0 unspecified atom stereocenters. The highest BCUT2D eigenvalue weighted by Crippen LogP contribution is 2.29. The number of hydrogen-bond donors (Lipinski definition) is 1. The molecule has 0 aromatic carbocycles. The smallest absolute Gasteiger partial charge is 0.304 e. The number of methoxy groups -OCH3 is 1. The van der Waals surface area contributed by atoms with Gasteiger partial charge in [0.25, 0.3) is 0 Å². The topological polar surface area (TPSA) is 49.8 Å². The third-order valence-electron chi connectivity index (χ3n) is 3.85. The highest BCUT2D eigenvalue weighted by Gasteiger charge is 2.32. The number of carboxylic acid groups (broad SMARTS) is 1. The molecular weight excluding hydrogens is 230 g/mol. The molecule has 0 aliphatic heterocycles. The molecular formula is C14H27NO3. The fraction of sp³-hybridized carbons (Fsp3) is 0.929. The minimum Gasteiger partial charge on any atom is -0.481 e. The Balaban J connectivity index is 2.58. The second kappa shape index (κ2) is 6.53. The summed E-state index contributed by atoms with van der Waals surface area (Å²) in [6.07, 6.45) is 5.00. The lowest BCUT2D eigenvalue weighted by molar-refractivity contribution is -0.138. The minimum atomic E-state index is -0.713. The van der Waals surface area contributed by atoms with Crippen LogP contribution in [0.25, 0.3) is 0 Å². The van der Waals surface area contributed by atoms with E-state index in [1.54, 1.807) is 7.11 Å². The van der Waals surface area contributed by atoms with Gasteiger partial charge >= 0.3 is 5.97 Å². The number of rotatable bonds is 5. The normalized spacial score (nSPS) is 25.4. The molecule has 0 amide bonds. The van der Waals surface area contributed by atoms with Crippen LogP contribution in [0.4, 0.5) is 0 Å². The second-order valence-corrected chi connectivity index (χ2v) is 6.17. The molecule has 0 atom stereocenters. The van der Waals surface area contributed by atoms with Gasteiger partial charge in [-0.1, -0.05) is 0 Å². The number of carbonyl (C=O) groups is 1. The van der Waals surface area contributed by atoms with Crippen molar-refractivity contribution in [3.8, 4) is 0 Å². The zero-order chi connectivity index (χ0) is 13.8. The molecule has 1 aliphatic rings. The Kier molecular flexibility index (Phi) is 5.60. The lowest BCUT2D eigenvalue weighted by Gasteiger charge is -2.44. The van der Waals surface area contributed by atoms with Gasteiger partial charge < -0.3 is 9.84 Å². The maximum Gasteiger partial charge on any atom is 0.304 e. The van der Waals surface area contributed by atoms with E-state index in [1.165, 1.54) is 0 Å². The van der Waals surface area contributed by atoms with Crippen molar-refractivity contribution >= 4 is 5.97 Å². The van der Waals surface area contributed by atoms with E-state index in [0.717, 1.165) is 25.7 Å². The summed E-state index contributed by atoms with van der Waals surface area (Å²) in [6.45, 7) is 7.13. The van der Waals surface area contributed by atoms with Gasteiger partial charge in [0.2, 0.25) is 0 Å². The molecule has 0 heterocycles. The second-order valence-electron chi connectivity index (χ2n) is 6.17. The molecule has 1 aliphatic carbocycles. The lowest BCUT2D eigenvalue weighted by atomic mass is 9.89. The van der Waals surface area contributed by atoms with Crippen LogP contribution in [0.1, 0.15) is 52.9 Å². The van der Waals surface area contributed by atoms with Gasteiger partial charge in [-0.15, -0.1) is 0 Å². The van der Waals surface area contributed by atoms with Crippen LogP contribution in [0.3, 0.4) is 0 Å². The first-order chi connectivity index (χ1) is 8.34. The van der Waals surface area contributed by atoms with Gasteiger partial charge in [-0.25, -0.2) is 0 Å². The largest absolute Gasteiger partial charge is 0.481 e. The predicted octanol–water partition coefficient (Wildman–Crippen LogP) is 2.52. The zero-order valence-electron chi connectivity index (χ0n) is 12.1. The molecule has 1 rings (SSSR count). The molecule has 0 bridgehead atoms. The zero-order valence-corrected chi connectivity index (χ0v) is 12.1. The van der Waals surface area contributed by atoms with Gasteiger partial charge in [0.1, 0.15) is 0 Å². The first-order valence-corrected chi connectivity index (χ1v) is 6.86. The first kappa shape index (κ1) is 15.4. The monoisotopic (exact) mass is 257 g/mol. The van der Waals surface area contributed by atoms with E-state index in [9.17, 15) is 4.79 Å². The number of nitrogens with zero attached hydrogens (tertiary/aromatic N) is 1. The summed E-state index contributed by atoms with van der Waals surface area (Å²) in [7, 11) is 1.77. The van der Waals surface area contributed by atoms with E-state index in [0.29, 0.717) is 18.7 Å². The summed E-state index contributed by atoms with van der Waals surface area (Å²) in [6, 6.07) is 0.496. The van der Waals surface area contributed by atoms with Crippen molar-refractivity contribution in [2.45, 2.75) is 70.6 Å². The summed E-state index contributed by atoms with van der Waals surface area (Å²) in [5, 5.41) is 8.86. The third kappa shape index (κ3) is 4.58. The molecule has 1 saturated carbocycles. The fourth-order valence-electron chi connectivity index (χ4n) is 2.87. The Morgan fingerprint density at radius 3 is 2.22 bits per heavy atom. The van der Waals surface area contributed by atoms with Crippen molar-refractivity contribution < 1.29 is 14.6 Å². The standard InChI is InChI=1S/C14H27NO3/c1-14(2,3)15(10-9-13(16)17)11-5-7-12(18-4)8-6-11/h11-12H,5-10H2,1-4H3,(H,16,17). The van der Waals surface area contributed by atoms with Gasteiger partial charge in [0, 0.05) is 25.2 Å². The van der Waals surface area contributed by atoms with Gasteiger partial charge in [0.15, 0.2) is 0 Å². The van der Waals surface area contributed by atoms with Crippen LogP contribution in [-0.2, 0) is 9.53 Å². The molecule has 4 nitrogen and oxygen atoms in total. The van der Waals surface area contributed by atoms with Crippen LogP contribution in [0.5, 0.6) is 0 Å². The summed E-state index contributed by atoms with van der Waals surface area (Å²) in [5.74, 6) is -0.713. The summed E-state index contributed by atoms with van der Waals surface area (Å²) < 4.78 is 5.39. The fourth-order valence-corrected chi connectivity index (χ4v) is 2.87. The molecule has 0 radical (unpaired) electrons. The summed E-state index contributed by atoms with van der Waals surface area (Å²) in [4.78, 5) is 13.1. The molecule has 106 valence electrons. The summed E-state index contributed by atoms with van der Waals surface area (Å²) in [5.41, 5.74) is 0.0278. The maximum absolute atomic E-state index is 10.8. The van der Waals surface area contributed by atoms with Crippen molar-refractivity contribution in [3.63, 3.8) is 0 Å². The Bertz CT molecular complexity index is 265. The number of ether oxygens (including phenoxy) is 1. The highest BCUT2D eigenvalue weighted by molar-refractivity contribution is 5.66. The van der Waals surface area contributed by atoms with Crippen molar-refractivity contribution in [1.82, 2.24) is 4.90 Å². The van der Waals surface area contributed by atoms with Crippen molar-refractivity contribution in [2.24, 2.45) is 0 Å². The van der Waals surface area contributed by atoms with Crippen molar-refractivity contribution in [3.05, 3.63) is 0 Å². The van der Waals surface area contributed by atoms with Crippen LogP contribution < -0.4 is 0 Å². The Morgan fingerprint density at radius 2 is 1.83 bits per heavy atom. The third-order valence-corrected chi connectivity index (χ3v) is 3.85. The SMILES string of the molecule is COC1CCC(N(CCC(=O)O)C(C)(C)C)CC1. The Labute approximate surface area is 110 Å². The van der Waals surface area contributed by atoms with Crippen molar-refractivity contribution in [1.29, 1.82) is 0 Å². The van der Waals surface area contributed by atoms with E-state index >= 15 is 0 Å². The van der Waals surface area contributed by atoms with Gasteiger partial charge in [0.05, 0.1) is 12.5 Å². The van der Waals surface area contributed by atoms with E-state index in [2.05, 4.69) is 25.7 Å².